The summed E-state index contributed by atoms with van der Waals surface area (Å²) in [5.41, 5.74) is 3.67. The van der Waals surface area contributed by atoms with Crippen molar-refractivity contribution < 1.29 is 18.0 Å². The van der Waals surface area contributed by atoms with Crippen LogP contribution in [0.5, 0.6) is 0 Å². The van der Waals surface area contributed by atoms with Crippen LogP contribution in [-0.4, -0.2) is 39.3 Å². The molecule has 0 aliphatic rings. The molecular formula is C18H19F3N6O. The highest BCUT2D eigenvalue weighted by Crippen LogP contribution is 2.28. The van der Waals surface area contributed by atoms with E-state index in [0.717, 1.165) is 22.4 Å². The first kappa shape index (κ1) is 19.6. The number of hydrogen-bond donors (Lipinski definition) is 1. The molecule has 0 fully saturated rings. The van der Waals surface area contributed by atoms with E-state index < -0.39 is 12.0 Å². The third-order valence-electron chi connectivity index (χ3n) is 4.22. The van der Waals surface area contributed by atoms with Gasteiger partial charge in [0.25, 0.3) is 5.82 Å². The number of nitrogens with one attached hydrogen (secondary N) is 1. The van der Waals surface area contributed by atoms with Crippen LogP contribution in [0.4, 0.5) is 24.7 Å². The smallest absolute Gasteiger partial charge is 0.349 e. The van der Waals surface area contributed by atoms with Gasteiger partial charge in [-0.2, -0.15) is 17.7 Å². The Morgan fingerprint density at radius 1 is 1.14 bits per heavy atom. The lowest BCUT2D eigenvalue weighted by atomic mass is 10.1. The van der Waals surface area contributed by atoms with E-state index in [4.69, 9.17) is 0 Å². The van der Waals surface area contributed by atoms with Crippen molar-refractivity contribution in [2.24, 2.45) is 0 Å². The third kappa shape index (κ3) is 3.90. The van der Waals surface area contributed by atoms with Gasteiger partial charge in [-0.1, -0.05) is 17.7 Å². The molecule has 0 spiro atoms. The molecule has 3 aromatic rings. The largest absolute Gasteiger partial charge is 0.453 e. The van der Waals surface area contributed by atoms with E-state index in [0.29, 0.717) is 4.52 Å². The summed E-state index contributed by atoms with van der Waals surface area (Å²) in [4.78, 5) is 13.9. The van der Waals surface area contributed by atoms with E-state index in [2.05, 4.69) is 20.6 Å². The highest BCUT2D eigenvalue weighted by atomic mass is 19.4. The summed E-state index contributed by atoms with van der Waals surface area (Å²) in [5, 5.41) is 13.4. The second kappa shape index (κ2) is 7.10. The number of carbonyl (C=O) groups excluding carboxylic acids is 1. The summed E-state index contributed by atoms with van der Waals surface area (Å²) in [7, 11) is 1.57. The van der Waals surface area contributed by atoms with Crippen molar-refractivity contribution in [2.75, 3.05) is 23.8 Å². The van der Waals surface area contributed by atoms with Gasteiger partial charge in [0, 0.05) is 12.7 Å². The Morgan fingerprint density at radius 2 is 1.79 bits per heavy atom. The fraction of sp³-hybridized carbons (Fsp3) is 0.333. The lowest BCUT2D eigenvalue weighted by Crippen LogP contribution is -2.31. The maximum Gasteiger partial charge on any atom is 0.453 e. The number of aryl methyl sites for hydroxylation is 3. The molecule has 28 heavy (non-hydrogen) atoms. The minimum absolute atomic E-state index is 0.0279. The Balaban J connectivity index is 1.79. The molecule has 3 rings (SSSR count). The van der Waals surface area contributed by atoms with E-state index >= 15 is 0 Å². The van der Waals surface area contributed by atoms with Crippen LogP contribution >= 0.6 is 0 Å². The Morgan fingerprint density at radius 3 is 2.39 bits per heavy atom. The molecule has 0 aliphatic carbocycles. The van der Waals surface area contributed by atoms with E-state index in [1.807, 2.05) is 32.9 Å². The van der Waals surface area contributed by atoms with Gasteiger partial charge in [-0.05, 0) is 44.0 Å². The normalized spacial score (nSPS) is 11.7. The van der Waals surface area contributed by atoms with Gasteiger partial charge in [-0.3, -0.25) is 4.79 Å². The van der Waals surface area contributed by atoms with Crippen molar-refractivity contribution in [1.29, 1.82) is 0 Å². The molecule has 0 radical (unpaired) electrons. The predicted molar refractivity (Wildman–Crippen MR) is 98.3 cm³/mol. The lowest BCUT2D eigenvalue weighted by Gasteiger charge is -2.19. The molecule has 148 valence electrons. The molecule has 7 nitrogen and oxygen atoms in total. The number of benzene rings is 1. The summed E-state index contributed by atoms with van der Waals surface area (Å²) in [6, 6.07) is 6.78. The first-order valence-corrected chi connectivity index (χ1v) is 8.45. The number of nitrogens with zero attached hydrogens (tertiary/aromatic N) is 5. The van der Waals surface area contributed by atoms with Gasteiger partial charge >= 0.3 is 6.18 Å². The molecule has 10 heteroatoms. The Kier molecular flexibility index (Phi) is 4.97. The number of rotatable bonds is 4. The quantitative estimate of drug-likeness (QED) is 0.738. The monoisotopic (exact) mass is 392 g/mol. The minimum atomic E-state index is -4.68. The predicted octanol–water partition coefficient (Wildman–Crippen LogP) is 3.14. The van der Waals surface area contributed by atoms with E-state index in [1.54, 1.807) is 7.05 Å². The number of hydrogen-bond acceptors (Lipinski definition) is 5. The van der Waals surface area contributed by atoms with E-state index in [9.17, 15) is 18.0 Å². The van der Waals surface area contributed by atoms with Crippen molar-refractivity contribution in [3.63, 3.8) is 0 Å². The molecule has 0 saturated heterocycles. The van der Waals surface area contributed by atoms with E-state index in [-0.39, 0.29) is 23.9 Å². The number of alkyl halides is 3. The Bertz CT molecular complexity index is 1020. The maximum atomic E-state index is 13.0. The standard InChI is InChI=1S/C18H19F3N6O/c1-10-7-11(2)16(12(3)8-10)22-15(28)9-26(4)14-6-5-13-23-24-17(18(19,20)21)27(13)25-14/h5-8H,9H2,1-4H3,(H,22,28). The van der Waals surface area contributed by atoms with Crippen LogP contribution in [0.15, 0.2) is 24.3 Å². The second-order valence-corrected chi connectivity index (χ2v) is 6.66. The molecule has 0 saturated carbocycles. The fourth-order valence-electron chi connectivity index (χ4n) is 3.01. The second-order valence-electron chi connectivity index (χ2n) is 6.66. The number of anilines is 2. The van der Waals surface area contributed by atoms with Gasteiger partial charge < -0.3 is 10.2 Å². The molecule has 2 heterocycles. The average Bonchev–Trinajstić information content (AvgIpc) is 3.01. The van der Waals surface area contributed by atoms with Crippen LogP contribution < -0.4 is 10.2 Å². The summed E-state index contributed by atoms with van der Waals surface area (Å²) >= 11 is 0. The molecule has 1 amide bonds. The van der Waals surface area contributed by atoms with Crippen molar-refractivity contribution in [2.45, 2.75) is 26.9 Å². The number of halogens is 3. The van der Waals surface area contributed by atoms with Crippen molar-refractivity contribution in [3.8, 4) is 0 Å². The first-order chi connectivity index (χ1) is 13.1. The summed E-state index contributed by atoms with van der Waals surface area (Å²) in [6.45, 7) is 5.69. The van der Waals surface area contributed by atoms with Gasteiger partial charge in [0.15, 0.2) is 5.65 Å². The Hall–Kier alpha value is -3.17. The van der Waals surface area contributed by atoms with Crippen LogP contribution in [-0.2, 0) is 11.0 Å². The number of likely N-dealkylation sites (N-methyl/N-ethyl adjacent to an activating group) is 1. The summed E-state index contributed by atoms with van der Waals surface area (Å²) in [6.07, 6.45) is -4.68. The average molecular weight is 392 g/mol. The van der Waals surface area contributed by atoms with Crippen LogP contribution in [0.3, 0.4) is 0 Å². The molecule has 0 bridgehead atoms. The number of fused-ring (bicyclic) bond motifs is 1. The molecule has 1 aromatic carbocycles. The van der Waals surface area contributed by atoms with Gasteiger partial charge in [0.2, 0.25) is 5.91 Å². The molecule has 1 N–H and O–H groups in total. The molecule has 0 aliphatic heterocycles. The number of amides is 1. The van der Waals surface area contributed by atoms with Crippen molar-refractivity contribution >= 4 is 23.1 Å². The molecule has 0 unspecified atom stereocenters. The van der Waals surface area contributed by atoms with Crippen LogP contribution in [0.25, 0.3) is 5.65 Å². The molecule has 0 atom stereocenters. The summed E-state index contributed by atoms with van der Waals surface area (Å²) in [5.74, 6) is -1.34. The van der Waals surface area contributed by atoms with E-state index in [1.165, 1.54) is 17.0 Å². The summed E-state index contributed by atoms with van der Waals surface area (Å²) < 4.78 is 39.6. The maximum absolute atomic E-state index is 13.0. The van der Waals surface area contributed by atoms with Gasteiger partial charge in [0.1, 0.15) is 5.82 Å². The lowest BCUT2D eigenvalue weighted by molar-refractivity contribution is -0.146. The first-order valence-electron chi connectivity index (χ1n) is 8.45. The van der Waals surface area contributed by atoms with Crippen molar-refractivity contribution in [3.05, 3.63) is 46.8 Å². The zero-order valence-corrected chi connectivity index (χ0v) is 15.8. The zero-order chi connectivity index (χ0) is 20.6. The van der Waals surface area contributed by atoms with Crippen LogP contribution in [0.1, 0.15) is 22.5 Å². The minimum Gasteiger partial charge on any atom is -0.349 e. The van der Waals surface area contributed by atoms with Gasteiger partial charge in [-0.15, -0.1) is 15.3 Å². The highest BCUT2D eigenvalue weighted by Gasteiger charge is 2.37. The van der Waals surface area contributed by atoms with Gasteiger partial charge in [-0.25, -0.2) is 0 Å². The Labute approximate surface area is 159 Å². The van der Waals surface area contributed by atoms with Crippen LogP contribution in [0, 0.1) is 20.8 Å². The molecular weight excluding hydrogens is 373 g/mol. The third-order valence-corrected chi connectivity index (χ3v) is 4.22. The SMILES string of the molecule is Cc1cc(C)c(NC(=O)CN(C)c2ccc3nnc(C(F)(F)F)n3n2)c(C)c1. The van der Waals surface area contributed by atoms with Gasteiger partial charge in [0.05, 0.1) is 6.54 Å². The topological polar surface area (TPSA) is 75.4 Å². The number of carbonyl (C=O) groups is 1. The van der Waals surface area contributed by atoms with Crippen LogP contribution in [0.2, 0.25) is 0 Å². The zero-order valence-electron chi connectivity index (χ0n) is 15.8. The number of aromatic nitrogens is 4. The highest BCUT2D eigenvalue weighted by molar-refractivity contribution is 5.95. The fourth-order valence-corrected chi connectivity index (χ4v) is 3.01. The molecule has 2 aromatic heterocycles. The van der Waals surface area contributed by atoms with Crippen molar-refractivity contribution in [1.82, 2.24) is 19.8 Å².